The van der Waals surface area contributed by atoms with Crippen LogP contribution in [0.5, 0.6) is 0 Å². The summed E-state index contributed by atoms with van der Waals surface area (Å²) in [6.07, 6.45) is 0. The quantitative estimate of drug-likeness (QED) is 0.785. The first-order valence-corrected chi connectivity index (χ1v) is 5.98. The van der Waals surface area contributed by atoms with Crippen molar-refractivity contribution in [2.75, 3.05) is 6.54 Å². The third-order valence-electron chi connectivity index (χ3n) is 2.42. The monoisotopic (exact) mass is 258 g/mol. The first-order valence-electron chi connectivity index (χ1n) is 5.98. The highest BCUT2D eigenvalue weighted by Crippen LogP contribution is 2.11. The molecule has 0 radical (unpaired) electrons. The lowest BCUT2D eigenvalue weighted by Crippen LogP contribution is -2.34. The molecular weight excluding hydrogens is 240 g/mol. The van der Waals surface area contributed by atoms with E-state index < -0.39 is 11.3 Å². The Balaban J connectivity index is 2.55. The smallest absolute Gasteiger partial charge is 0.248 e. The largest absolute Gasteiger partial charge is 0.366 e. The van der Waals surface area contributed by atoms with Crippen molar-refractivity contribution < 1.29 is 9.59 Å². The van der Waals surface area contributed by atoms with Gasteiger partial charge in [-0.1, -0.05) is 32.6 Å². The molecule has 1 rings (SSSR count). The number of amides is 2. The molecule has 100 valence electrons. The summed E-state index contributed by atoms with van der Waals surface area (Å²) in [5.74, 6) is 5.26. The molecule has 0 saturated heterocycles. The fourth-order valence-corrected chi connectivity index (χ4v) is 1.25. The third-order valence-corrected chi connectivity index (χ3v) is 2.42. The van der Waals surface area contributed by atoms with Gasteiger partial charge in [0.15, 0.2) is 0 Å². The lowest BCUT2D eigenvalue weighted by Gasteiger charge is -2.15. The second-order valence-electron chi connectivity index (χ2n) is 5.18. The van der Waals surface area contributed by atoms with Crippen molar-refractivity contribution >= 4 is 11.8 Å². The summed E-state index contributed by atoms with van der Waals surface area (Å²) in [6.45, 7) is 5.84. The lowest BCUT2D eigenvalue weighted by atomic mass is 9.96. The van der Waals surface area contributed by atoms with E-state index in [1.807, 2.05) is 20.8 Å². The molecule has 4 heteroatoms. The summed E-state index contributed by atoms with van der Waals surface area (Å²) in [6, 6.07) is 6.69. The Morgan fingerprint density at radius 2 is 1.79 bits per heavy atom. The van der Waals surface area contributed by atoms with E-state index in [1.54, 1.807) is 24.3 Å². The molecule has 19 heavy (non-hydrogen) atoms. The van der Waals surface area contributed by atoms with E-state index in [9.17, 15) is 9.59 Å². The van der Waals surface area contributed by atoms with Gasteiger partial charge in [0.05, 0.1) is 6.54 Å². The van der Waals surface area contributed by atoms with Crippen molar-refractivity contribution in [2.45, 2.75) is 20.8 Å². The first-order chi connectivity index (χ1) is 8.80. The van der Waals surface area contributed by atoms with Crippen LogP contribution < -0.4 is 11.1 Å². The molecule has 0 bridgehead atoms. The molecule has 1 aromatic carbocycles. The fourth-order valence-electron chi connectivity index (χ4n) is 1.25. The maximum Gasteiger partial charge on any atom is 0.248 e. The second-order valence-corrected chi connectivity index (χ2v) is 5.18. The van der Waals surface area contributed by atoms with Crippen molar-refractivity contribution in [2.24, 2.45) is 11.1 Å². The molecule has 0 heterocycles. The van der Waals surface area contributed by atoms with Gasteiger partial charge in [-0.25, -0.2) is 0 Å². The van der Waals surface area contributed by atoms with Crippen LogP contribution >= 0.6 is 0 Å². The molecule has 1 aromatic rings. The molecule has 0 unspecified atom stereocenters. The zero-order valence-corrected chi connectivity index (χ0v) is 11.4. The van der Waals surface area contributed by atoms with E-state index >= 15 is 0 Å². The average Bonchev–Trinajstić information content (AvgIpc) is 2.33. The topological polar surface area (TPSA) is 72.2 Å². The number of primary amides is 1. The van der Waals surface area contributed by atoms with E-state index in [2.05, 4.69) is 17.2 Å². The number of nitrogens with one attached hydrogen (secondary N) is 1. The number of benzene rings is 1. The van der Waals surface area contributed by atoms with Gasteiger partial charge in [-0.15, -0.1) is 0 Å². The van der Waals surface area contributed by atoms with E-state index in [0.29, 0.717) is 12.1 Å². The van der Waals surface area contributed by atoms with Crippen molar-refractivity contribution in [1.82, 2.24) is 5.32 Å². The number of hydrogen-bond donors (Lipinski definition) is 2. The molecule has 0 spiro atoms. The molecule has 0 aliphatic rings. The Bertz CT molecular complexity index is 528. The van der Waals surface area contributed by atoms with Crippen molar-refractivity contribution in [1.29, 1.82) is 0 Å². The number of carbonyl (C=O) groups is 2. The number of rotatable bonds is 2. The van der Waals surface area contributed by atoms with Gasteiger partial charge in [-0.2, -0.15) is 0 Å². The van der Waals surface area contributed by atoms with Gasteiger partial charge in [-0.05, 0) is 24.3 Å². The molecule has 0 saturated carbocycles. The van der Waals surface area contributed by atoms with Crippen LogP contribution in [0.2, 0.25) is 0 Å². The van der Waals surface area contributed by atoms with Crippen LogP contribution in [0.3, 0.4) is 0 Å². The van der Waals surface area contributed by atoms with Crippen LogP contribution in [0.25, 0.3) is 0 Å². The Hall–Kier alpha value is -2.28. The molecule has 4 nitrogen and oxygen atoms in total. The summed E-state index contributed by atoms with van der Waals surface area (Å²) in [7, 11) is 0. The van der Waals surface area contributed by atoms with Crippen LogP contribution in [0.4, 0.5) is 0 Å². The number of nitrogens with two attached hydrogens (primary N) is 1. The maximum absolute atomic E-state index is 11.6. The van der Waals surface area contributed by atoms with Crippen molar-refractivity contribution in [3.63, 3.8) is 0 Å². The summed E-state index contributed by atoms with van der Waals surface area (Å²) in [5, 5.41) is 2.74. The van der Waals surface area contributed by atoms with E-state index in [-0.39, 0.29) is 5.91 Å². The van der Waals surface area contributed by atoms with E-state index in [1.165, 1.54) is 0 Å². The zero-order valence-electron chi connectivity index (χ0n) is 11.4. The zero-order chi connectivity index (χ0) is 14.5. The Labute approximate surface area is 113 Å². The molecule has 2 amide bonds. The Kier molecular flexibility index (Phi) is 4.71. The minimum Gasteiger partial charge on any atom is -0.366 e. The van der Waals surface area contributed by atoms with Gasteiger partial charge in [0.2, 0.25) is 11.8 Å². The van der Waals surface area contributed by atoms with Crippen LogP contribution in [0.15, 0.2) is 24.3 Å². The highest BCUT2D eigenvalue weighted by molar-refractivity contribution is 5.92. The Morgan fingerprint density at radius 3 is 2.26 bits per heavy atom. The van der Waals surface area contributed by atoms with E-state index in [0.717, 1.165) is 5.56 Å². The SMILES string of the molecule is CC(C)(C)C(=O)NCC#Cc1ccc(C(N)=O)cc1. The fraction of sp³-hybridized carbons (Fsp3) is 0.333. The predicted octanol–water partition coefficient (Wildman–Crippen LogP) is 1.30. The average molecular weight is 258 g/mol. The number of carbonyl (C=O) groups excluding carboxylic acids is 2. The highest BCUT2D eigenvalue weighted by Gasteiger charge is 2.19. The minimum atomic E-state index is -0.461. The summed E-state index contributed by atoms with van der Waals surface area (Å²) >= 11 is 0. The standard InChI is InChI=1S/C15H18N2O2/c1-15(2,3)14(19)17-10-4-5-11-6-8-12(9-7-11)13(16)18/h6-9H,10H2,1-3H3,(H2,16,18)(H,17,19). The van der Waals surface area contributed by atoms with Gasteiger partial charge in [0.25, 0.3) is 0 Å². The van der Waals surface area contributed by atoms with Gasteiger partial charge < -0.3 is 11.1 Å². The van der Waals surface area contributed by atoms with Crippen LogP contribution in [0.1, 0.15) is 36.7 Å². The molecule has 0 atom stereocenters. The molecule has 0 aliphatic carbocycles. The van der Waals surface area contributed by atoms with Crippen LogP contribution in [-0.4, -0.2) is 18.4 Å². The van der Waals surface area contributed by atoms with Gasteiger partial charge in [-0.3, -0.25) is 9.59 Å². The van der Waals surface area contributed by atoms with E-state index in [4.69, 9.17) is 5.73 Å². The van der Waals surface area contributed by atoms with Gasteiger partial charge in [0.1, 0.15) is 0 Å². The first kappa shape index (κ1) is 14.8. The van der Waals surface area contributed by atoms with Crippen LogP contribution in [0, 0.1) is 17.3 Å². The molecular formula is C15H18N2O2. The van der Waals surface area contributed by atoms with Crippen molar-refractivity contribution in [3.8, 4) is 11.8 Å². The molecule has 0 fully saturated rings. The van der Waals surface area contributed by atoms with Crippen LogP contribution in [-0.2, 0) is 4.79 Å². The number of hydrogen-bond acceptors (Lipinski definition) is 2. The summed E-state index contributed by atoms with van der Waals surface area (Å²) in [4.78, 5) is 22.4. The predicted molar refractivity (Wildman–Crippen MR) is 74.3 cm³/mol. The minimum absolute atomic E-state index is 0.0362. The maximum atomic E-state index is 11.6. The molecule has 0 aliphatic heterocycles. The second kappa shape index (κ2) is 6.05. The summed E-state index contributed by atoms with van der Waals surface area (Å²) < 4.78 is 0. The third kappa shape index (κ3) is 4.84. The highest BCUT2D eigenvalue weighted by atomic mass is 16.2. The normalized spacial score (nSPS) is 10.3. The summed E-state index contributed by atoms with van der Waals surface area (Å²) in [5.41, 5.74) is 5.95. The lowest BCUT2D eigenvalue weighted by molar-refractivity contribution is -0.128. The van der Waals surface area contributed by atoms with Gasteiger partial charge >= 0.3 is 0 Å². The molecule has 0 aromatic heterocycles. The molecule has 3 N–H and O–H groups in total. The Morgan fingerprint density at radius 1 is 1.21 bits per heavy atom. The van der Waals surface area contributed by atoms with Gasteiger partial charge in [0, 0.05) is 16.5 Å². The van der Waals surface area contributed by atoms with Crippen molar-refractivity contribution in [3.05, 3.63) is 35.4 Å².